The molecule has 0 saturated heterocycles. The Morgan fingerprint density at radius 2 is 2.20 bits per heavy atom. The van der Waals surface area contributed by atoms with E-state index in [-0.39, 0.29) is 11.3 Å². The topological polar surface area (TPSA) is 73.2 Å². The van der Waals surface area contributed by atoms with Crippen molar-refractivity contribution in [2.75, 3.05) is 20.3 Å². The van der Waals surface area contributed by atoms with Crippen LogP contribution in [0.5, 0.6) is 0 Å². The van der Waals surface area contributed by atoms with E-state index in [9.17, 15) is 9.59 Å². The molecule has 0 fully saturated rings. The molecular weight excluding hydrogens is 258 g/mol. The van der Waals surface area contributed by atoms with Crippen molar-refractivity contribution in [1.29, 1.82) is 0 Å². The highest BCUT2D eigenvalue weighted by Gasteiger charge is 2.05. The monoisotopic (exact) mass is 275 g/mol. The van der Waals surface area contributed by atoms with Gasteiger partial charge in [-0.3, -0.25) is 14.3 Å². The fraction of sp³-hybridized carbons (Fsp3) is 0.357. The molecule has 6 heteroatoms. The highest BCUT2D eigenvalue weighted by Crippen LogP contribution is 2.08. The third-order valence-electron chi connectivity index (χ3n) is 2.94. The van der Waals surface area contributed by atoms with E-state index in [0.29, 0.717) is 31.5 Å². The highest BCUT2D eigenvalue weighted by atomic mass is 16.5. The lowest BCUT2D eigenvalue weighted by molar-refractivity contribution is -0.121. The summed E-state index contributed by atoms with van der Waals surface area (Å²) in [5.74, 6) is -0.0633. The summed E-state index contributed by atoms with van der Waals surface area (Å²) >= 11 is 0. The Bertz CT molecular complexity index is 651. The Morgan fingerprint density at radius 3 is 3.00 bits per heavy atom. The van der Waals surface area contributed by atoms with Gasteiger partial charge in [0.15, 0.2) is 0 Å². The van der Waals surface area contributed by atoms with Gasteiger partial charge in [-0.1, -0.05) is 12.1 Å². The number of para-hydroxylation sites is 1. The average molecular weight is 275 g/mol. The van der Waals surface area contributed by atoms with Gasteiger partial charge in [0.2, 0.25) is 11.3 Å². The molecule has 0 spiro atoms. The van der Waals surface area contributed by atoms with Gasteiger partial charge >= 0.3 is 0 Å². The maximum absolute atomic E-state index is 11.7. The van der Waals surface area contributed by atoms with Crippen LogP contribution >= 0.6 is 0 Å². The second-order valence-corrected chi connectivity index (χ2v) is 4.34. The van der Waals surface area contributed by atoms with E-state index in [1.807, 2.05) is 18.2 Å². The zero-order chi connectivity index (χ0) is 14.4. The van der Waals surface area contributed by atoms with Crippen molar-refractivity contribution in [2.45, 2.75) is 13.0 Å². The maximum atomic E-state index is 11.7. The van der Waals surface area contributed by atoms with E-state index in [1.54, 1.807) is 17.9 Å². The van der Waals surface area contributed by atoms with Crippen molar-refractivity contribution < 1.29 is 9.53 Å². The average Bonchev–Trinajstić information content (AvgIpc) is 2.47. The van der Waals surface area contributed by atoms with Gasteiger partial charge in [0.05, 0.1) is 24.9 Å². The molecule has 2 rings (SSSR count). The lowest BCUT2D eigenvalue weighted by Gasteiger charge is -2.09. The highest BCUT2D eigenvalue weighted by molar-refractivity contribution is 5.78. The lowest BCUT2D eigenvalue weighted by atomic mass is 10.2. The molecular formula is C14H17N3O3. The van der Waals surface area contributed by atoms with Crippen LogP contribution < -0.4 is 10.7 Å². The molecule has 0 aliphatic heterocycles. The number of aromatic nitrogens is 2. The first-order chi connectivity index (χ1) is 9.72. The van der Waals surface area contributed by atoms with Gasteiger partial charge in [0, 0.05) is 25.5 Å². The summed E-state index contributed by atoms with van der Waals surface area (Å²) in [6.07, 6.45) is 1.59. The number of amides is 1. The predicted molar refractivity (Wildman–Crippen MR) is 75.5 cm³/mol. The molecule has 0 aliphatic carbocycles. The predicted octanol–water partition coefficient (Wildman–Crippen LogP) is 0.549. The van der Waals surface area contributed by atoms with Crippen molar-refractivity contribution in [3.05, 3.63) is 40.7 Å². The number of carbonyl (C=O) groups is 1. The first-order valence-electron chi connectivity index (χ1n) is 6.43. The van der Waals surface area contributed by atoms with Gasteiger partial charge in [-0.2, -0.15) is 5.10 Å². The van der Waals surface area contributed by atoms with Crippen molar-refractivity contribution >= 4 is 16.8 Å². The third-order valence-corrected chi connectivity index (χ3v) is 2.94. The molecule has 2 aromatic rings. The van der Waals surface area contributed by atoms with Gasteiger partial charge in [0.1, 0.15) is 0 Å². The molecule has 106 valence electrons. The van der Waals surface area contributed by atoms with Crippen LogP contribution in [0.25, 0.3) is 10.9 Å². The van der Waals surface area contributed by atoms with Gasteiger partial charge in [-0.15, -0.1) is 0 Å². The van der Waals surface area contributed by atoms with Crippen LogP contribution in [0.4, 0.5) is 0 Å². The molecule has 0 aliphatic rings. The number of aryl methyl sites for hydroxylation is 1. The number of methoxy groups -OCH3 is 1. The zero-order valence-corrected chi connectivity index (χ0v) is 11.3. The molecule has 1 N–H and O–H groups in total. The summed E-state index contributed by atoms with van der Waals surface area (Å²) in [5, 5.41) is 7.43. The van der Waals surface area contributed by atoms with Gasteiger partial charge < -0.3 is 10.1 Å². The number of fused-ring (bicyclic) bond motifs is 1. The fourth-order valence-corrected chi connectivity index (χ4v) is 1.93. The maximum Gasteiger partial charge on any atom is 0.221 e. The van der Waals surface area contributed by atoms with E-state index in [2.05, 4.69) is 10.4 Å². The van der Waals surface area contributed by atoms with Crippen molar-refractivity contribution in [2.24, 2.45) is 0 Å². The third kappa shape index (κ3) is 3.42. The Morgan fingerprint density at radius 1 is 1.40 bits per heavy atom. The van der Waals surface area contributed by atoms with Gasteiger partial charge in [0.25, 0.3) is 0 Å². The van der Waals surface area contributed by atoms with E-state index in [4.69, 9.17) is 4.74 Å². The SMILES string of the molecule is COCCNC(=O)CCn1ncc(=O)c2ccccc21. The number of ether oxygens (including phenoxy) is 1. The number of hydrogen-bond acceptors (Lipinski definition) is 4. The molecule has 0 bridgehead atoms. The smallest absolute Gasteiger partial charge is 0.221 e. The van der Waals surface area contributed by atoms with Crippen molar-refractivity contribution in [1.82, 2.24) is 15.1 Å². The Labute approximate surface area is 116 Å². The quantitative estimate of drug-likeness (QED) is 0.781. The molecule has 1 amide bonds. The molecule has 20 heavy (non-hydrogen) atoms. The molecule has 1 aromatic heterocycles. The Kier molecular flexibility index (Phi) is 4.84. The van der Waals surface area contributed by atoms with Crippen molar-refractivity contribution in [3.63, 3.8) is 0 Å². The number of nitrogens with one attached hydrogen (secondary N) is 1. The first-order valence-corrected chi connectivity index (χ1v) is 6.43. The van der Waals surface area contributed by atoms with Gasteiger partial charge in [-0.25, -0.2) is 0 Å². The molecule has 0 atom stereocenters. The van der Waals surface area contributed by atoms with E-state index < -0.39 is 0 Å². The number of benzene rings is 1. The van der Waals surface area contributed by atoms with Crippen LogP contribution in [0.2, 0.25) is 0 Å². The van der Waals surface area contributed by atoms with E-state index in [0.717, 1.165) is 5.52 Å². The molecule has 0 unspecified atom stereocenters. The normalized spacial score (nSPS) is 10.7. The number of carbonyl (C=O) groups excluding carboxylic acids is 1. The van der Waals surface area contributed by atoms with E-state index in [1.165, 1.54) is 6.20 Å². The number of nitrogens with zero attached hydrogens (tertiary/aromatic N) is 2. The summed E-state index contributed by atoms with van der Waals surface area (Å²) in [4.78, 5) is 23.3. The van der Waals surface area contributed by atoms with Crippen LogP contribution in [0, 0.1) is 0 Å². The molecule has 0 saturated carbocycles. The second-order valence-electron chi connectivity index (χ2n) is 4.34. The summed E-state index contributed by atoms with van der Waals surface area (Å²) in [6, 6.07) is 7.24. The second kappa shape index (κ2) is 6.81. The van der Waals surface area contributed by atoms with E-state index >= 15 is 0 Å². The summed E-state index contributed by atoms with van der Waals surface area (Å²) < 4.78 is 6.53. The van der Waals surface area contributed by atoms with Crippen LogP contribution in [0.1, 0.15) is 6.42 Å². The molecule has 1 heterocycles. The first kappa shape index (κ1) is 14.2. The Hall–Kier alpha value is -2.21. The molecule has 1 aromatic carbocycles. The van der Waals surface area contributed by atoms with Crippen LogP contribution in [-0.2, 0) is 16.1 Å². The summed E-state index contributed by atoms with van der Waals surface area (Å²) in [5.41, 5.74) is 0.631. The van der Waals surface area contributed by atoms with Crippen molar-refractivity contribution in [3.8, 4) is 0 Å². The number of rotatable bonds is 6. The largest absolute Gasteiger partial charge is 0.383 e. The fourth-order valence-electron chi connectivity index (χ4n) is 1.93. The van der Waals surface area contributed by atoms with Crippen LogP contribution in [0.3, 0.4) is 0 Å². The summed E-state index contributed by atoms with van der Waals surface area (Å²) in [7, 11) is 1.59. The minimum absolute atomic E-state index is 0.0633. The lowest BCUT2D eigenvalue weighted by Crippen LogP contribution is -2.28. The zero-order valence-electron chi connectivity index (χ0n) is 11.3. The minimum atomic E-state index is -0.110. The Balaban J connectivity index is 2.05. The van der Waals surface area contributed by atoms with Gasteiger partial charge in [-0.05, 0) is 12.1 Å². The van der Waals surface area contributed by atoms with Crippen LogP contribution in [-0.4, -0.2) is 35.9 Å². The minimum Gasteiger partial charge on any atom is -0.383 e. The van der Waals surface area contributed by atoms with Crippen LogP contribution in [0.15, 0.2) is 35.3 Å². The molecule has 6 nitrogen and oxygen atoms in total. The standard InChI is InChI=1S/C14H17N3O3/c1-20-9-7-15-14(19)6-8-17-12-5-3-2-4-11(12)13(18)10-16-17/h2-5,10H,6-9H2,1H3,(H,15,19). The molecule has 0 radical (unpaired) electrons. The summed E-state index contributed by atoms with van der Waals surface area (Å²) in [6.45, 7) is 1.41. The number of hydrogen-bond donors (Lipinski definition) is 1.